The molecule has 1 saturated carbocycles. The van der Waals surface area contributed by atoms with Crippen LogP contribution >= 0.6 is 0 Å². The number of nitrogens with one attached hydrogen (secondary N) is 1. The fourth-order valence-corrected chi connectivity index (χ4v) is 6.01. The number of likely N-dealkylation sites (tertiary alicyclic amines) is 1. The summed E-state index contributed by atoms with van der Waals surface area (Å²) in [5.41, 5.74) is -2.16. The highest BCUT2D eigenvalue weighted by atomic mass is 19.4. The van der Waals surface area contributed by atoms with Crippen molar-refractivity contribution in [1.82, 2.24) is 10.2 Å². The van der Waals surface area contributed by atoms with E-state index in [1.165, 1.54) is 6.92 Å². The lowest BCUT2D eigenvalue weighted by atomic mass is 9.83. The maximum absolute atomic E-state index is 13.5. The van der Waals surface area contributed by atoms with Gasteiger partial charge >= 0.3 is 12.4 Å². The molecule has 0 bridgehead atoms. The molecule has 2 aliphatic rings. The van der Waals surface area contributed by atoms with Crippen molar-refractivity contribution in [1.29, 1.82) is 0 Å². The highest BCUT2D eigenvalue weighted by Crippen LogP contribution is 2.40. The molecule has 12 heteroatoms. The molecule has 2 aromatic carbocycles. The summed E-state index contributed by atoms with van der Waals surface area (Å²) >= 11 is 0. The average molecular weight is 615 g/mol. The molecule has 0 radical (unpaired) electrons. The number of nitrogens with zero attached hydrogens (tertiary/aromatic N) is 1. The van der Waals surface area contributed by atoms with Crippen molar-refractivity contribution in [2.45, 2.75) is 82.0 Å². The van der Waals surface area contributed by atoms with Gasteiger partial charge in [-0.15, -0.1) is 0 Å². The van der Waals surface area contributed by atoms with Crippen molar-refractivity contribution in [3.8, 4) is 0 Å². The van der Waals surface area contributed by atoms with Gasteiger partial charge in [-0.1, -0.05) is 30.3 Å². The van der Waals surface area contributed by atoms with Crippen LogP contribution in [-0.2, 0) is 26.7 Å². The van der Waals surface area contributed by atoms with Crippen molar-refractivity contribution in [2.75, 3.05) is 19.7 Å². The summed E-state index contributed by atoms with van der Waals surface area (Å²) in [4.78, 5) is 27.1. The average Bonchev–Trinajstić information content (AvgIpc) is 2.97. The first-order valence-electron chi connectivity index (χ1n) is 14.4. The van der Waals surface area contributed by atoms with Crippen molar-refractivity contribution < 1.29 is 45.8 Å². The minimum atomic E-state index is -4.96. The Labute approximate surface area is 246 Å². The molecule has 43 heavy (non-hydrogen) atoms. The Kier molecular flexibility index (Phi) is 10.4. The number of ether oxygens (including phenoxy) is 1. The van der Waals surface area contributed by atoms with Crippen molar-refractivity contribution in [3.63, 3.8) is 0 Å². The van der Waals surface area contributed by atoms with Gasteiger partial charge in [-0.25, -0.2) is 0 Å². The highest BCUT2D eigenvalue weighted by molar-refractivity contribution is 5.79. The number of halogens is 6. The number of rotatable bonds is 8. The first-order valence-corrected chi connectivity index (χ1v) is 14.4. The fraction of sp³-hybridized carbons (Fsp3) is 0.548. The second-order valence-corrected chi connectivity index (χ2v) is 11.3. The van der Waals surface area contributed by atoms with E-state index >= 15 is 0 Å². The Morgan fingerprint density at radius 2 is 1.56 bits per heavy atom. The number of amides is 2. The van der Waals surface area contributed by atoms with Crippen LogP contribution in [0.2, 0.25) is 0 Å². The highest BCUT2D eigenvalue weighted by Gasteiger charge is 2.40. The zero-order valence-electron chi connectivity index (χ0n) is 23.8. The molecule has 6 nitrogen and oxygen atoms in total. The maximum atomic E-state index is 13.5. The summed E-state index contributed by atoms with van der Waals surface area (Å²) in [6.45, 7) is 1.84. The normalized spacial score (nSPS) is 24.0. The van der Waals surface area contributed by atoms with Gasteiger partial charge in [-0.2, -0.15) is 26.3 Å². The maximum Gasteiger partial charge on any atom is 0.416 e. The number of carbonyl (C=O) groups excluding carboxylic acids is 2. The van der Waals surface area contributed by atoms with E-state index in [1.807, 2.05) is 30.3 Å². The number of hydrogen-bond acceptors (Lipinski definition) is 4. The van der Waals surface area contributed by atoms with Crippen LogP contribution in [0.3, 0.4) is 0 Å². The molecule has 1 saturated heterocycles. The summed E-state index contributed by atoms with van der Waals surface area (Å²) in [6.07, 6.45) is -8.67. The predicted molar refractivity (Wildman–Crippen MR) is 146 cm³/mol. The molecule has 3 atom stereocenters. The molecule has 1 aliphatic heterocycles. The Balaban J connectivity index is 1.48. The van der Waals surface area contributed by atoms with Gasteiger partial charge in [0.2, 0.25) is 11.8 Å². The van der Waals surface area contributed by atoms with Crippen LogP contribution < -0.4 is 5.32 Å². The monoisotopic (exact) mass is 614 g/mol. The van der Waals surface area contributed by atoms with Crippen LogP contribution in [0.25, 0.3) is 0 Å². The lowest BCUT2D eigenvalue weighted by molar-refractivity contribution is -0.143. The van der Waals surface area contributed by atoms with Gasteiger partial charge in [0.15, 0.2) is 0 Å². The second kappa shape index (κ2) is 13.7. The molecule has 236 valence electrons. The molecule has 2 amide bonds. The SMILES string of the molecule is C[C@@H](O[C@H]1CCN(C(=O)[C@H]2CC[C@H](NC(=O)CCO)CC2)C[C@H]1c1ccccc1)c1cc(C(F)(F)F)cc(C(F)(F)F)c1. The minimum absolute atomic E-state index is 0.0136. The third kappa shape index (κ3) is 8.50. The first-order chi connectivity index (χ1) is 20.3. The molecule has 0 aromatic heterocycles. The van der Waals surface area contributed by atoms with E-state index < -0.39 is 35.7 Å². The molecular formula is C31H36F6N2O4. The van der Waals surface area contributed by atoms with Gasteiger partial charge < -0.3 is 20.1 Å². The van der Waals surface area contributed by atoms with Gasteiger partial charge in [0.25, 0.3) is 0 Å². The van der Waals surface area contributed by atoms with Crippen LogP contribution in [0.5, 0.6) is 0 Å². The van der Waals surface area contributed by atoms with Crippen LogP contribution in [0.1, 0.15) is 79.7 Å². The van der Waals surface area contributed by atoms with Gasteiger partial charge in [0.1, 0.15) is 0 Å². The van der Waals surface area contributed by atoms with Crippen LogP contribution in [0.15, 0.2) is 48.5 Å². The van der Waals surface area contributed by atoms with Crippen LogP contribution in [-0.4, -0.2) is 53.7 Å². The summed E-state index contributed by atoms with van der Waals surface area (Å²) in [7, 11) is 0. The summed E-state index contributed by atoms with van der Waals surface area (Å²) < 4.78 is 86.9. The summed E-state index contributed by atoms with van der Waals surface area (Å²) in [6, 6.07) is 10.7. The van der Waals surface area contributed by atoms with Gasteiger partial charge in [-0.05, 0) is 68.4 Å². The molecular weight excluding hydrogens is 578 g/mol. The van der Waals surface area contributed by atoms with Gasteiger partial charge in [0, 0.05) is 37.4 Å². The lowest BCUT2D eigenvalue weighted by Gasteiger charge is -2.42. The van der Waals surface area contributed by atoms with Crippen LogP contribution in [0, 0.1) is 5.92 Å². The van der Waals surface area contributed by atoms with E-state index in [2.05, 4.69) is 5.32 Å². The lowest BCUT2D eigenvalue weighted by Crippen LogP contribution is -2.49. The number of carbonyl (C=O) groups is 2. The number of aliphatic hydroxyl groups excluding tert-OH is 1. The third-order valence-corrected chi connectivity index (χ3v) is 8.33. The molecule has 1 aliphatic carbocycles. The van der Waals surface area contributed by atoms with Crippen molar-refractivity contribution in [3.05, 3.63) is 70.8 Å². The van der Waals surface area contributed by atoms with E-state index in [1.54, 1.807) is 4.90 Å². The standard InChI is InChI=1S/C31H36F6N2O4/c1-19(22-15-23(30(32,33)34)17-24(16-22)31(35,36)37)43-27-11-13-39(18-26(27)20-5-3-2-4-6-20)29(42)21-7-9-25(10-8-21)38-28(41)12-14-40/h2-6,15-17,19,21,25-27,40H,7-14,18H2,1H3,(H,38,41)/t19-,21-,25-,26+,27+/m1/s1. The molecule has 2 N–H and O–H groups in total. The Hall–Kier alpha value is -3.12. The fourth-order valence-electron chi connectivity index (χ4n) is 6.01. The first kappa shape index (κ1) is 32.8. The third-order valence-electron chi connectivity index (χ3n) is 8.33. The Morgan fingerprint density at radius 3 is 2.12 bits per heavy atom. The number of benzene rings is 2. The minimum Gasteiger partial charge on any atom is -0.396 e. The summed E-state index contributed by atoms with van der Waals surface area (Å²) in [5, 5.41) is 11.8. The zero-order chi connectivity index (χ0) is 31.4. The van der Waals surface area contributed by atoms with E-state index in [9.17, 15) is 35.9 Å². The van der Waals surface area contributed by atoms with E-state index in [-0.39, 0.29) is 54.3 Å². The second-order valence-electron chi connectivity index (χ2n) is 11.3. The topological polar surface area (TPSA) is 78.9 Å². The molecule has 0 unspecified atom stereocenters. The molecule has 1 heterocycles. The summed E-state index contributed by atoms with van der Waals surface area (Å²) in [5.74, 6) is -0.799. The van der Waals surface area contributed by atoms with Gasteiger partial charge in [0.05, 0.1) is 29.9 Å². The van der Waals surface area contributed by atoms with Crippen molar-refractivity contribution >= 4 is 11.8 Å². The largest absolute Gasteiger partial charge is 0.416 e. The predicted octanol–water partition coefficient (Wildman–Crippen LogP) is 6.24. The zero-order valence-corrected chi connectivity index (χ0v) is 23.8. The number of alkyl halides is 6. The molecule has 2 fully saturated rings. The van der Waals surface area contributed by atoms with Gasteiger partial charge in [-0.3, -0.25) is 9.59 Å². The Morgan fingerprint density at radius 1 is 0.953 bits per heavy atom. The van der Waals surface area contributed by atoms with E-state index in [0.29, 0.717) is 57.3 Å². The number of piperidine rings is 1. The Bertz CT molecular complexity index is 1210. The quantitative estimate of drug-likeness (QED) is 0.345. The number of aliphatic hydroxyl groups is 1. The molecule has 2 aromatic rings. The molecule has 0 spiro atoms. The smallest absolute Gasteiger partial charge is 0.396 e. The number of hydrogen-bond donors (Lipinski definition) is 2. The van der Waals surface area contributed by atoms with E-state index in [4.69, 9.17) is 9.84 Å². The molecule has 4 rings (SSSR count). The van der Waals surface area contributed by atoms with Crippen LogP contribution in [0.4, 0.5) is 26.3 Å². The van der Waals surface area contributed by atoms with Crippen molar-refractivity contribution in [2.24, 2.45) is 5.92 Å². The van der Waals surface area contributed by atoms with E-state index in [0.717, 1.165) is 5.56 Å².